The second-order valence-electron chi connectivity index (χ2n) is 6.48. The molecule has 0 bridgehead atoms. The minimum Gasteiger partial charge on any atom is -0.490 e. The lowest BCUT2D eigenvalue weighted by Crippen LogP contribution is -2.20. The molecule has 0 unspecified atom stereocenters. The van der Waals surface area contributed by atoms with Gasteiger partial charge in [0.05, 0.1) is 11.0 Å². The van der Waals surface area contributed by atoms with Gasteiger partial charge < -0.3 is 10.1 Å². The first-order chi connectivity index (χ1) is 13.1. The first-order valence-corrected chi connectivity index (χ1v) is 8.81. The Morgan fingerprint density at radius 3 is 2.78 bits per heavy atom. The van der Waals surface area contributed by atoms with E-state index in [2.05, 4.69) is 10.3 Å². The zero-order chi connectivity index (χ0) is 18.8. The van der Waals surface area contributed by atoms with Crippen molar-refractivity contribution >= 4 is 22.8 Å². The number of nitro groups is 1. The molecule has 0 radical (unpaired) electrons. The van der Waals surface area contributed by atoms with Gasteiger partial charge in [-0.3, -0.25) is 19.3 Å². The summed E-state index contributed by atoms with van der Waals surface area (Å²) in [5.41, 5.74) is -0.429. The number of pyridine rings is 1. The maximum atomic E-state index is 12.5. The van der Waals surface area contributed by atoms with Crippen LogP contribution in [0, 0.1) is 10.1 Å². The second-order valence-corrected chi connectivity index (χ2v) is 6.48. The third kappa shape index (κ3) is 3.46. The van der Waals surface area contributed by atoms with E-state index in [4.69, 9.17) is 4.74 Å². The van der Waals surface area contributed by atoms with E-state index in [-0.39, 0.29) is 11.9 Å². The van der Waals surface area contributed by atoms with Crippen molar-refractivity contribution in [3.05, 3.63) is 69.1 Å². The molecule has 1 aromatic carbocycles. The molecule has 27 heavy (non-hydrogen) atoms. The Bertz CT molecular complexity index is 1060. The fraction of sp³-hybridized carbons (Fsp3) is 0.263. The number of anilines is 2. The van der Waals surface area contributed by atoms with E-state index in [1.54, 1.807) is 36.4 Å². The molecule has 0 saturated heterocycles. The molecule has 1 N–H and O–H groups in total. The minimum absolute atomic E-state index is 0.0887. The molecule has 1 aliphatic carbocycles. The number of benzene rings is 1. The molecular weight excluding hydrogens is 348 g/mol. The highest BCUT2D eigenvalue weighted by atomic mass is 16.6. The van der Waals surface area contributed by atoms with Crippen molar-refractivity contribution in [2.45, 2.75) is 31.8 Å². The second kappa shape index (κ2) is 7.06. The van der Waals surface area contributed by atoms with Crippen molar-refractivity contribution in [2.24, 2.45) is 0 Å². The molecule has 4 rings (SSSR count). The Morgan fingerprint density at radius 1 is 1.19 bits per heavy atom. The van der Waals surface area contributed by atoms with Crippen molar-refractivity contribution in [1.82, 2.24) is 9.38 Å². The lowest BCUT2D eigenvalue weighted by Gasteiger charge is -2.14. The highest BCUT2D eigenvalue weighted by Crippen LogP contribution is 2.28. The molecule has 138 valence electrons. The van der Waals surface area contributed by atoms with Crippen LogP contribution in [0.2, 0.25) is 0 Å². The maximum Gasteiger partial charge on any atom is 0.376 e. The van der Waals surface area contributed by atoms with Crippen LogP contribution in [0.25, 0.3) is 5.65 Å². The molecule has 1 fully saturated rings. The van der Waals surface area contributed by atoms with Gasteiger partial charge in [0.25, 0.3) is 0 Å². The van der Waals surface area contributed by atoms with Crippen LogP contribution in [0.1, 0.15) is 25.7 Å². The number of fused-ring (bicyclic) bond motifs is 1. The molecule has 8 nitrogen and oxygen atoms in total. The Morgan fingerprint density at radius 2 is 2.00 bits per heavy atom. The molecule has 2 heterocycles. The summed E-state index contributed by atoms with van der Waals surface area (Å²) in [6.45, 7) is 0. The van der Waals surface area contributed by atoms with Crippen molar-refractivity contribution in [3.8, 4) is 5.75 Å². The van der Waals surface area contributed by atoms with Crippen LogP contribution in [0.4, 0.5) is 17.2 Å². The number of hydrogen-bond acceptors (Lipinski definition) is 6. The van der Waals surface area contributed by atoms with Crippen molar-refractivity contribution in [3.63, 3.8) is 0 Å². The van der Waals surface area contributed by atoms with Crippen molar-refractivity contribution in [2.75, 3.05) is 5.32 Å². The number of nitrogens with zero attached hydrogens (tertiary/aromatic N) is 3. The van der Waals surface area contributed by atoms with Gasteiger partial charge in [-0.2, -0.15) is 0 Å². The summed E-state index contributed by atoms with van der Waals surface area (Å²) in [5, 5.41) is 14.4. The Balaban J connectivity index is 1.69. The van der Waals surface area contributed by atoms with Crippen LogP contribution in [-0.4, -0.2) is 20.4 Å². The lowest BCUT2D eigenvalue weighted by atomic mass is 10.2. The first kappa shape index (κ1) is 17.0. The zero-order valence-electron chi connectivity index (χ0n) is 14.5. The number of nitrogens with one attached hydrogen (secondary N) is 1. The molecule has 2 aromatic heterocycles. The summed E-state index contributed by atoms with van der Waals surface area (Å²) >= 11 is 0. The van der Waals surface area contributed by atoms with Gasteiger partial charge in [0, 0.05) is 18.0 Å². The molecule has 1 saturated carbocycles. The summed E-state index contributed by atoms with van der Waals surface area (Å²) in [6, 6.07) is 12.1. The average Bonchev–Trinajstić information content (AvgIpc) is 3.15. The molecule has 3 aromatic rings. The van der Waals surface area contributed by atoms with Crippen molar-refractivity contribution < 1.29 is 9.66 Å². The van der Waals surface area contributed by atoms with Gasteiger partial charge in [-0.15, -0.1) is 0 Å². The Labute approximate surface area is 154 Å². The van der Waals surface area contributed by atoms with E-state index in [0.717, 1.165) is 17.2 Å². The van der Waals surface area contributed by atoms with Crippen LogP contribution >= 0.6 is 0 Å². The SMILES string of the molecule is O=c1c([N+](=O)[O-])c(Nc2cccc(OC3CCCC3)c2)nc2ccccn12. The maximum absolute atomic E-state index is 12.5. The van der Waals surface area contributed by atoms with Gasteiger partial charge in [0.15, 0.2) is 0 Å². The summed E-state index contributed by atoms with van der Waals surface area (Å²) < 4.78 is 7.12. The topological polar surface area (TPSA) is 98.8 Å². The fourth-order valence-electron chi connectivity index (χ4n) is 3.31. The summed E-state index contributed by atoms with van der Waals surface area (Å²) in [6.07, 6.45) is 6.06. The summed E-state index contributed by atoms with van der Waals surface area (Å²) in [7, 11) is 0. The van der Waals surface area contributed by atoms with Gasteiger partial charge in [-0.1, -0.05) is 12.1 Å². The highest BCUT2D eigenvalue weighted by Gasteiger charge is 2.24. The minimum atomic E-state index is -0.730. The van der Waals surface area contributed by atoms with Crippen LogP contribution in [0.3, 0.4) is 0 Å². The van der Waals surface area contributed by atoms with Crippen LogP contribution < -0.4 is 15.6 Å². The first-order valence-electron chi connectivity index (χ1n) is 8.81. The summed E-state index contributed by atoms with van der Waals surface area (Å²) in [4.78, 5) is 27.5. The van der Waals surface area contributed by atoms with E-state index in [9.17, 15) is 14.9 Å². The molecule has 8 heteroatoms. The predicted molar refractivity (Wildman–Crippen MR) is 101 cm³/mol. The van der Waals surface area contributed by atoms with E-state index in [1.807, 2.05) is 6.07 Å². The number of rotatable bonds is 5. The van der Waals surface area contributed by atoms with Gasteiger partial charge in [0.2, 0.25) is 5.82 Å². The van der Waals surface area contributed by atoms with Crippen LogP contribution in [0.15, 0.2) is 53.5 Å². The van der Waals surface area contributed by atoms with E-state index in [1.165, 1.54) is 19.0 Å². The molecule has 0 aliphatic heterocycles. The van der Waals surface area contributed by atoms with E-state index >= 15 is 0 Å². The van der Waals surface area contributed by atoms with Gasteiger partial charge in [-0.25, -0.2) is 4.98 Å². The van der Waals surface area contributed by atoms with Gasteiger partial charge in [0.1, 0.15) is 11.4 Å². The molecule has 0 atom stereocenters. The van der Waals surface area contributed by atoms with Gasteiger partial charge >= 0.3 is 11.2 Å². The molecule has 0 amide bonds. The third-order valence-electron chi connectivity index (χ3n) is 4.59. The summed E-state index contributed by atoms with van der Waals surface area (Å²) in [5.74, 6) is 0.598. The molecule has 1 aliphatic rings. The molecular formula is C19H18N4O4. The van der Waals surface area contributed by atoms with Crippen molar-refractivity contribution in [1.29, 1.82) is 0 Å². The zero-order valence-corrected chi connectivity index (χ0v) is 14.5. The molecule has 0 spiro atoms. The normalized spacial score (nSPS) is 14.4. The smallest absolute Gasteiger partial charge is 0.376 e. The fourth-order valence-corrected chi connectivity index (χ4v) is 3.31. The quantitative estimate of drug-likeness (QED) is 0.546. The number of hydrogen-bond donors (Lipinski definition) is 1. The van der Waals surface area contributed by atoms with Crippen LogP contribution in [-0.2, 0) is 0 Å². The number of aromatic nitrogens is 2. The highest BCUT2D eigenvalue weighted by molar-refractivity contribution is 5.68. The van der Waals surface area contributed by atoms with Gasteiger partial charge in [-0.05, 0) is 49.9 Å². The van der Waals surface area contributed by atoms with E-state index < -0.39 is 16.2 Å². The van der Waals surface area contributed by atoms with E-state index in [0.29, 0.717) is 17.1 Å². The Kier molecular flexibility index (Phi) is 4.45. The van der Waals surface area contributed by atoms with Crippen LogP contribution in [0.5, 0.6) is 5.75 Å². The standard InChI is InChI=1S/C19H18N4O4/c24-19-17(23(25)26)18(21-16-10-3-4-11-22(16)19)20-13-6-5-9-15(12-13)27-14-7-1-2-8-14/h3-6,9-12,14,20H,1-2,7-8H2. The monoisotopic (exact) mass is 366 g/mol. The number of ether oxygens (including phenoxy) is 1. The average molecular weight is 366 g/mol. The predicted octanol–water partition coefficient (Wildman–Crippen LogP) is 3.67. The lowest BCUT2D eigenvalue weighted by molar-refractivity contribution is -0.385. The largest absolute Gasteiger partial charge is 0.490 e. The Hall–Kier alpha value is -3.42. The third-order valence-corrected chi connectivity index (χ3v) is 4.59.